The maximum Gasteiger partial charge on any atom is 0.225 e. The zero-order chi connectivity index (χ0) is 21.5. The van der Waals surface area contributed by atoms with Gasteiger partial charge < -0.3 is 20.4 Å². The molecule has 32 heavy (non-hydrogen) atoms. The van der Waals surface area contributed by atoms with E-state index in [0.29, 0.717) is 11.8 Å². The van der Waals surface area contributed by atoms with E-state index in [2.05, 4.69) is 68.2 Å². The fraction of sp³-hybridized carbons (Fsp3) is 0.375. The van der Waals surface area contributed by atoms with Crippen molar-refractivity contribution in [3.05, 3.63) is 48.8 Å². The van der Waals surface area contributed by atoms with E-state index in [0.717, 1.165) is 80.4 Å². The summed E-state index contributed by atoms with van der Waals surface area (Å²) in [4.78, 5) is 21.2. The maximum atomic E-state index is 12.4. The van der Waals surface area contributed by atoms with Gasteiger partial charge in [0.2, 0.25) is 5.91 Å². The van der Waals surface area contributed by atoms with Crippen LogP contribution in [0.4, 0.5) is 11.4 Å². The summed E-state index contributed by atoms with van der Waals surface area (Å²) in [5.41, 5.74) is 5.57. The van der Waals surface area contributed by atoms with Crippen molar-refractivity contribution in [2.24, 2.45) is 10.9 Å². The lowest BCUT2D eigenvalue weighted by molar-refractivity contribution is -0.132. The summed E-state index contributed by atoms with van der Waals surface area (Å²) in [5.74, 6) is 1.48. The first-order valence-corrected chi connectivity index (χ1v) is 11.4. The number of carbonyl (C=O) groups excluding carboxylic acids is 1. The smallest absolute Gasteiger partial charge is 0.225 e. The number of piperazine rings is 1. The van der Waals surface area contributed by atoms with Crippen molar-refractivity contribution in [2.45, 2.75) is 12.8 Å². The van der Waals surface area contributed by atoms with E-state index in [-0.39, 0.29) is 0 Å². The first-order chi connectivity index (χ1) is 15.7. The van der Waals surface area contributed by atoms with E-state index >= 15 is 0 Å². The molecular formula is C24H27N7O. The van der Waals surface area contributed by atoms with Crippen LogP contribution in [0.2, 0.25) is 0 Å². The number of nitrogens with one attached hydrogen (secondary N) is 2. The predicted octanol–water partition coefficient (Wildman–Crippen LogP) is 2.43. The normalized spacial score (nSPS) is 18.6. The molecule has 1 aromatic carbocycles. The number of amides is 1. The molecule has 4 heterocycles. The van der Waals surface area contributed by atoms with Gasteiger partial charge in [-0.3, -0.25) is 9.79 Å². The topological polar surface area (TPSA) is 77.3 Å². The summed E-state index contributed by atoms with van der Waals surface area (Å²) >= 11 is 0. The molecule has 1 amide bonds. The number of guanidine groups is 1. The second-order valence-corrected chi connectivity index (χ2v) is 8.72. The molecule has 3 aromatic rings. The van der Waals surface area contributed by atoms with Crippen LogP contribution >= 0.6 is 0 Å². The minimum Gasteiger partial charge on any atom is -0.366 e. The van der Waals surface area contributed by atoms with Gasteiger partial charge in [0.1, 0.15) is 0 Å². The van der Waals surface area contributed by atoms with Gasteiger partial charge in [0.25, 0.3) is 0 Å². The van der Waals surface area contributed by atoms with Crippen molar-refractivity contribution in [1.82, 2.24) is 19.8 Å². The minimum absolute atomic E-state index is 0.298. The number of hydrogen-bond donors (Lipinski definition) is 2. The van der Waals surface area contributed by atoms with Crippen molar-refractivity contribution < 1.29 is 4.79 Å². The number of aliphatic imine (C=N–C) groups is 1. The Morgan fingerprint density at radius 2 is 1.84 bits per heavy atom. The van der Waals surface area contributed by atoms with Gasteiger partial charge in [-0.2, -0.15) is 5.10 Å². The molecule has 2 N–H and O–H groups in total. The van der Waals surface area contributed by atoms with E-state index in [1.807, 2.05) is 15.6 Å². The number of aromatic nitrogens is 2. The molecule has 0 spiro atoms. The fourth-order valence-corrected chi connectivity index (χ4v) is 4.55. The molecule has 0 radical (unpaired) electrons. The standard InChI is InChI=1S/C24H27N7O/c32-23(18-1-2-18)30-13-11-29(12-14-30)21-7-8-27-31-16-19(15-22(21)31)17-3-5-20(6-4-17)28-24-25-9-10-26-24/h3-8,15-16,18H,1-2,9-14H2,(H2,25,26,28). The van der Waals surface area contributed by atoms with E-state index in [9.17, 15) is 4.79 Å². The zero-order valence-corrected chi connectivity index (χ0v) is 18.0. The van der Waals surface area contributed by atoms with Crippen molar-refractivity contribution >= 4 is 28.8 Å². The van der Waals surface area contributed by atoms with Crippen molar-refractivity contribution in [2.75, 3.05) is 49.5 Å². The molecule has 8 heteroatoms. The van der Waals surface area contributed by atoms with Gasteiger partial charge in [-0.05, 0) is 42.7 Å². The highest BCUT2D eigenvalue weighted by Gasteiger charge is 2.34. The largest absolute Gasteiger partial charge is 0.366 e. The summed E-state index contributed by atoms with van der Waals surface area (Å²) in [6.07, 6.45) is 6.08. The SMILES string of the molecule is O=C(C1CC1)N1CCN(c2ccnn3cc(-c4ccc(NC5=NCCN5)cc4)cc23)CC1. The molecule has 0 bridgehead atoms. The molecule has 1 saturated heterocycles. The second-order valence-electron chi connectivity index (χ2n) is 8.72. The molecule has 2 aliphatic heterocycles. The van der Waals surface area contributed by atoms with Gasteiger partial charge in [0, 0.05) is 62.3 Å². The molecule has 3 aliphatic rings. The van der Waals surface area contributed by atoms with Crippen LogP contribution in [0.3, 0.4) is 0 Å². The van der Waals surface area contributed by atoms with Crippen LogP contribution in [0.1, 0.15) is 12.8 Å². The molecule has 1 saturated carbocycles. The third kappa shape index (κ3) is 3.66. The van der Waals surface area contributed by atoms with E-state index in [1.54, 1.807) is 0 Å². The number of nitrogens with zero attached hydrogens (tertiary/aromatic N) is 5. The van der Waals surface area contributed by atoms with Gasteiger partial charge in [0.05, 0.1) is 17.7 Å². The minimum atomic E-state index is 0.298. The number of benzene rings is 1. The first kappa shape index (κ1) is 19.2. The monoisotopic (exact) mass is 429 g/mol. The lowest BCUT2D eigenvalue weighted by atomic mass is 10.1. The fourth-order valence-electron chi connectivity index (χ4n) is 4.55. The van der Waals surface area contributed by atoms with Crippen LogP contribution in [0.5, 0.6) is 0 Å². The number of anilines is 2. The zero-order valence-electron chi connectivity index (χ0n) is 18.0. The van der Waals surface area contributed by atoms with Crippen LogP contribution in [-0.4, -0.2) is 65.6 Å². The summed E-state index contributed by atoms with van der Waals surface area (Å²) in [6.45, 7) is 5.02. The summed E-state index contributed by atoms with van der Waals surface area (Å²) in [7, 11) is 0. The van der Waals surface area contributed by atoms with Gasteiger partial charge in [-0.15, -0.1) is 0 Å². The van der Waals surface area contributed by atoms with E-state index in [4.69, 9.17) is 0 Å². The molecule has 164 valence electrons. The first-order valence-electron chi connectivity index (χ1n) is 11.4. The lowest BCUT2D eigenvalue weighted by Crippen LogP contribution is -2.49. The van der Waals surface area contributed by atoms with Crippen molar-refractivity contribution in [3.8, 4) is 11.1 Å². The van der Waals surface area contributed by atoms with Gasteiger partial charge in [-0.25, -0.2) is 4.52 Å². The Labute approximate surface area is 186 Å². The number of carbonyl (C=O) groups is 1. The summed E-state index contributed by atoms with van der Waals surface area (Å²) < 4.78 is 1.95. The highest BCUT2D eigenvalue weighted by atomic mass is 16.2. The Morgan fingerprint density at radius 1 is 1.03 bits per heavy atom. The highest BCUT2D eigenvalue weighted by Crippen LogP contribution is 2.32. The molecular weight excluding hydrogens is 402 g/mol. The van der Waals surface area contributed by atoms with Crippen molar-refractivity contribution in [3.63, 3.8) is 0 Å². The quantitative estimate of drug-likeness (QED) is 0.666. The Bertz CT molecular complexity index is 1170. The molecule has 0 atom stereocenters. The van der Waals surface area contributed by atoms with Crippen LogP contribution in [-0.2, 0) is 4.79 Å². The molecule has 6 rings (SSSR count). The number of fused-ring (bicyclic) bond motifs is 1. The number of rotatable bonds is 4. The van der Waals surface area contributed by atoms with Gasteiger partial charge >= 0.3 is 0 Å². The Balaban J connectivity index is 1.20. The van der Waals surface area contributed by atoms with Crippen LogP contribution in [0.25, 0.3) is 16.6 Å². The number of hydrogen-bond acceptors (Lipinski definition) is 6. The van der Waals surface area contributed by atoms with E-state index in [1.165, 1.54) is 5.69 Å². The third-order valence-corrected chi connectivity index (χ3v) is 6.50. The maximum absolute atomic E-state index is 12.4. The van der Waals surface area contributed by atoms with E-state index < -0.39 is 0 Å². The third-order valence-electron chi connectivity index (χ3n) is 6.50. The van der Waals surface area contributed by atoms with Gasteiger partial charge in [-0.1, -0.05) is 12.1 Å². The highest BCUT2D eigenvalue weighted by molar-refractivity contribution is 5.94. The Kier molecular flexibility index (Phi) is 4.70. The Hall–Kier alpha value is -3.55. The molecule has 2 aromatic heterocycles. The summed E-state index contributed by atoms with van der Waals surface area (Å²) in [5, 5.41) is 11.1. The second kappa shape index (κ2) is 7.85. The van der Waals surface area contributed by atoms with Gasteiger partial charge in [0.15, 0.2) is 5.96 Å². The average Bonchev–Trinajstić information content (AvgIpc) is 3.38. The van der Waals surface area contributed by atoms with Crippen LogP contribution in [0, 0.1) is 5.92 Å². The predicted molar refractivity (Wildman–Crippen MR) is 126 cm³/mol. The lowest BCUT2D eigenvalue weighted by Gasteiger charge is -2.36. The van der Waals surface area contributed by atoms with Crippen LogP contribution in [0.15, 0.2) is 53.8 Å². The molecule has 0 unspecified atom stereocenters. The molecule has 1 aliphatic carbocycles. The Morgan fingerprint density at radius 3 is 2.56 bits per heavy atom. The summed E-state index contributed by atoms with van der Waals surface area (Å²) in [6, 6.07) is 12.7. The average molecular weight is 430 g/mol. The molecule has 8 nitrogen and oxygen atoms in total. The molecule has 2 fully saturated rings. The van der Waals surface area contributed by atoms with Crippen molar-refractivity contribution in [1.29, 1.82) is 0 Å². The van der Waals surface area contributed by atoms with Crippen LogP contribution < -0.4 is 15.5 Å².